The quantitative estimate of drug-likeness (QED) is 0.624. The molecule has 2 aromatic heterocycles. The van der Waals surface area contributed by atoms with Crippen molar-refractivity contribution in [2.24, 2.45) is 5.92 Å². The van der Waals surface area contributed by atoms with E-state index in [1.165, 1.54) is 6.33 Å². The molecule has 1 saturated carbocycles. The summed E-state index contributed by atoms with van der Waals surface area (Å²) in [5.41, 5.74) is 6.58. The summed E-state index contributed by atoms with van der Waals surface area (Å²) >= 11 is 0. The highest BCUT2D eigenvalue weighted by Crippen LogP contribution is 2.40. The highest BCUT2D eigenvalue weighted by molar-refractivity contribution is 5.86. The van der Waals surface area contributed by atoms with Crippen molar-refractivity contribution in [2.45, 2.75) is 43.6 Å². The molecule has 1 aliphatic carbocycles. The smallest absolute Gasteiger partial charge is 0.145 e. The third kappa shape index (κ3) is 2.00. The number of nitrogens with zero attached hydrogens (tertiary/aromatic N) is 3. The van der Waals surface area contributed by atoms with Crippen molar-refractivity contribution in [2.75, 3.05) is 12.3 Å². The summed E-state index contributed by atoms with van der Waals surface area (Å²) in [6, 6.07) is 1.97. The van der Waals surface area contributed by atoms with Crippen molar-refractivity contribution in [1.29, 1.82) is 0 Å². The van der Waals surface area contributed by atoms with Crippen LogP contribution >= 0.6 is 0 Å². The van der Waals surface area contributed by atoms with E-state index < -0.39 is 12.2 Å². The highest BCUT2D eigenvalue weighted by atomic mass is 16.3. The molecular formula is C15H21N5O2. The van der Waals surface area contributed by atoms with Crippen LogP contribution in [-0.2, 0) is 0 Å². The number of anilines is 1. The normalized spacial score (nSPS) is 35.5. The van der Waals surface area contributed by atoms with Crippen LogP contribution in [0.4, 0.5) is 5.82 Å². The van der Waals surface area contributed by atoms with Gasteiger partial charge in [0.15, 0.2) is 0 Å². The second-order valence-corrected chi connectivity index (χ2v) is 6.37. The molecule has 4 rings (SSSR count). The maximum atomic E-state index is 10.5. The lowest BCUT2D eigenvalue weighted by Gasteiger charge is -2.22. The van der Waals surface area contributed by atoms with Crippen LogP contribution in [0.1, 0.15) is 25.3 Å². The van der Waals surface area contributed by atoms with Crippen molar-refractivity contribution in [1.82, 2.24) is 19.9 Å². The number of fused-ring (bicyclic) bond motifs is 1. The maximum absolute atomic E-state index is 10.5. The van der Waals surface area contributed by atoms with Gasteiger partial charge in [0, 0.05) is 18.2 Å². The highest BCUT2D eigenvalue weighted by Gasteiger charge is 2.46. The first-order valence-electron chi connectivity index (χ1n) is 7.83. The third-order valence-corrected chi connectivity index (χ3v) is 5.21. The van der Waals surface area contributed by atoms with Crippen LogP contribution in [0.15, 0.2) is 18.6 Å². The van der Waals surface area contributed by atoms with Gasteiger partial charge in [0.25, 0.3) is 0 Å². The lowest BCUT2D eigenvalue weighted by atomic mass is 9.94. The van der Waals surface area contributed by atoms with E-state index in [4.69, 9.17) is 5.73 Å². The van der Waals surface area contributed by atoms with Crippen LogP contribution in [0, 0.1) is 5.92 Å². The van der Waals surface area contributed by atoms with Crippen LogP contribution < -0.4 is 11.1 Å². The minimum absolute atomic E-state index is 0.0686. The average Bonchev–Trinajstić information content (AvgIpc) is 3.21. The fourth-order valence-electron chi connectivity index (χ4n) is 4.05. The van der Waals surface area contributed by atoms with Crippen LogP contribution in [0.2, 0.25) is 0 Å². The van der Waals surface area contributed by atoms with Crippen molar-refractivity contribution in [3.05, 3.63) is 18.6 Å². The SMILES string of the molecule is Nc1ncnc2c1ccn2[C@@H]1C[C@H]([C@@H]2CCCN2)[C@@H](O)[C@H]1O. The number of nitrogens with one attached hydrogen (secondary N) is 1. The van der Waals surface area contributed by atoms with E-state index in [1.54, 1.807) is 0 Å². The molecule has 5 N–H and O–H groups in total. The van der Waals surface area contributed by atoms with Gasteiger partial charge < -0.3 is 25.8 Å². The summed E-state index contributed by atoms with van der Waals surface area (Å²) in [7, 11) is 0. The topological polar surface area (TPSA) is 109 Å². The fourth-order valence-corrected chi connectivity index (χ4v) is 4.05. The van der Waals surface area contributed by atoms with Gasteiger partial charge in [-0.3, -0.25) is 0 Å². The maximum Gasteiger partial charge on any atom is 0.145 e. The monoisotopic (exact) mass is 303 g/mol. The van der Waals surface area contributed by atoms with Gasteiger partial charge >= 0.3 is 0 Å². The van der Waals surface area contributed by atoms with Gasteiger partial charge in [0.2, 0.25) is 0 Å². The zero-order valence-electron chi connectivity index (χ0n) is 12.3. The van der Waals surface area contributed by atoms with Gasteiger partial charge in [0.05, 0.1) is 17.5 Å². The molecule has 22 heavy (non-hydrogen) atoms. The third-order valence-electron chi connectivity index (χ3n) is 5.21. The molecule has 0 bridgehead atoms. The number of rotatable bonds is 2. The Morgan fingerprint density at radius 2 is 2.14 bits per heavy atom. The Morgan fingerprint density at radius 1 is 1.27 bits per heavy atom. The van der Waals surface area contributed by atoms with Crippen molar-refractivity contribution >= 4 is 16.9 Å². The largest absolute Gasteiger partial charge is 0.390 e. The van der Waals surface area contributed by atoms with E-state index in [2.05, 4.69) is 15.3 Å². The molecule has 0 unspecified atom stereocenters. The Kier molecular flexibility index (Phi) is 3.28. The fraction of sp³-hybridized carbons (Fsp3) is 0.600. The van der Waals surface area contributed by atoms with Crippen LogP contribution in [0.5, 0.6) is 0 Å². The average molecular weight is 303 g/mol. The van der Waals surface area contributed by atoms with Gasteiger partial charge in [-0.05, 0) is 31.9 Å². The van der Waals surface area contributed by atoms with Gasteiger partial charge in [-0.25, -0.2) is 9.97 Å². The Hall–Kier alpha value is -1.70. The Bertz CT molecular complexity index is 682. The second kappa shape index (κ2) is 5.19. The van der Waals surface area contributed by atoms with E-state index >= 15 is 0 Å². The first-order valence-corrected chi connectivity index (χ1v) is 7.83. The summed E-state index contributed by atoms with van der Waals surface area (Å²) in [6.07, 6.45) is 4.72. The lowest BCUT2D eigenvalue weighted by molar-refractivity contribution is 0.00115. The summed E-state index contributed by atoms with van der Waals surface area (Å²) in [5.74, 6) is 0.505. The molecule has 118 valence electrons. The van der Waals surface area contributed by atoms with Crippen LogP contribution in [0.3, 0.4) is 0 Å². The Morgan fingerprint density at radius 3 is 2.91 bits per heavy atom. The predicted octanol–water partition coefficient (Wildman–Crippen LogP) is 0.0483. The zero-order chi connectivity index (χ0) is 15.3. The minimum atomic E-state index is -0.792. The van der Waals surface area contributed by atoms with Gasteiger partial charge in [-0.2, -0.15) is 0 Å². The standard InChI is InChI=1S/C15H21N5O2/c16-14-8-3-5-20(15(8)19-7-18-14)11-6-9(12(21)13(11)22)10-2-1-4-17-10/h3,5,7,9-13,17,21-22H,1-2,4,6H2,(H2,16,18,19)/t9-,10+,11-,12-,13+/m1/s1. The molecular weight excluding hydrogens is 282 g/mol. The summed E-state index contributed by atoms with van der Waals surface area (Å²) in [4.78, 5) is 8.28. The Balaban J connectivity index is 1.68. The number of hydrogen-bond acceptors (Lipinski definition) is 6. The molecule has 2 aliphatic rings. The molecule has 1 saturated heterocycles. The molecule has 7 nitrogen and oxygen atoms in total. The molecule has 0 radical (unpaired) electrons. The minimum Gasteiger partial charge on any atom is -0.390 e. The van der Waals surface area contributed by atoms with E-state index in [1.807, 2.05) is 16.8 Å². The van der Waals surface area contributed by atoms with E-state index in [0.717, 1.165) is 31.2 Å². The van der Waals surface area contributed by atoms with Crippen molar-refractivity contribution < 1.29 is 10.2 Å². The van der Waals surface area contributed by atoms with E-state index in [0.29, 0.717) is 11.5 Å². The number of aromatic nitrogens is 3. The molecule has 0 spiro atoms. The zero-order valence-corrected chi connectivity index (χ0v) is 12.3. The van der Waals surface area contributed by atoms with E-state index in [-0.39, 0.29) is 18.0 Å². The molecule has 0 amide bonds. The van der Waals surface area contributed by atoms with Crippen molar-refractivity contribution in [3.63, 3.8) is 0 Å². The lowest BCUT2D eigenvalue weighted by Crippen LogP contribution is -2.38. The van der Waals surface area contributed by atoms with Crippen molar-refractivity contribution in [3.8, 4) is 0 Å². The number of aliphatic hydroxyl groups is 2. The molecule has 1 aliphatic heterocycles. The first kappa shape index (κ1) is 13.9. The molecule has 2 aromatic rings. The van der Waals surface area contributed by atoms with E-state index in [9.17, 15) is 10.2 Å². The number of hydrogen-bond donors (Lipinski definition) is 4. The van der Waals surface area contributed by atoms with Crippen LogP contribution in [-0.4, -0.2) is 49.5 Å². The second-order valence-electron chi connectivity index (χ2n) is 6.37. The molecule has 0 aromatic carbocycles. The summed E-state index contributed by atoms with van der Waals surface area (Å²) in [6.45, 7) is 0.991. The number of nitrogens with two attached hydrogens (primary N) is 1. The van der Waals surface area contributed by atoms with Gasteiger partial charge in [-0.15, -0.1) is 0 Å². The molecule has 7 heteroatoms. The predicted molar refractivity (Wildman–Crippen MR) is 82.1 cm³/mol. The summed E-state index contributed by atoms with van der Waals surface area (Å²) in [5, 5.41) is 25.2. The first-order chi connectivity index (χ1) is 10.7. The Labute approximate surface area is 128 Å². The number of aliphatic hydroxyl groups excluding tert-OH is 2. The molecule has 2 fully saturated rings. The van der Waals surface area contributed by atoms with Crippen LogP contribution in [0.25, 0.3) is 11.0 Å². The summed E-state index contributed by atoms with van der Waals surface area (Å²) < 4.78 is 1.93. The molecule has 3 heterocycles. The number of nitrogen functional groups attached to an aromatic ring is 1. The molecule has 5 atom stereocenters. The van der Waals surface area contributed by atoms with Gasteiger partial charge in [0.1, 0.15) is 23.9 Å². The van der Waals surface area contributed by atoms with Gasteiger partial charge in [-0.1, -0.05) is 0 Å².